The second kappa shape index (κ2) is 45.2. The van der Waals surface area contributed by atoms with Crippen molar-refractivity contribution in [3.63, 3.8) is 0 Å². The van der Waals surface area contributed by atoms with Crippen LogP contribution in [0.25, 0.3) is 0 Å². The Bertz CT molecular complexity index is 1150. The average molecular weight is 850 g/mol. The molecule has 0 aliphatic rings. The molecule has 0 amide bonds. The first kappa shape index (κ1) is 56.7. The summed E-state index contributed by atoms with van der Waals surface area (Å²) >= 11 is 0. The molecule has 0 rings (SSSR count). The van der Waals surface area contributed by atoms with Gasteiger partial charge in [0.25, 0.3) is 0 Å². The van der Waals surface area contributed by atoms with Crippen molar-refractivity contribution < 1.29 is 37.6 Å². The van der Waals surface area contributed by atoms with Gasteiger partial charge in [-0.1, -0.05) is 184 Å². The van der Waals surface area contributed by atoms with Crippen molar-refractivity contribution in [2.24, 2.45) is 5.73 Å². The van der Waals surface area contributed by atoms with Gasteiger partial charge in [-0.15, -0.1) is 0 Å². The molecule has 10 heteroatoms. The third-order valence-electron chi connectivity index (χ3n) is 9.89. The number of hydrogen-bond acceptors (Lipinski definition) is 8. The van der Waals surface area contributed by atoms with Gasteiger partial charge in [-0.2, -0.15) is 0 Å². The first-order chi connectivity index (χ1) is 28.8. The molecule has 0 saturated heterocycles. The van der Waals surface area contributed by atoms with Crippen LogP contribution in [0.15, 0.2) is 60.8 Å². The Morgan fingerprint density at radius 3 is 1.46 bits per heavy atom. The van der Waals surface area contributed by atoms with E-state index in [1.165, 1.54) is 116 Å². The lowest BCUT2D eigenvalue weighted by atomic mass is 10.0. The van der Waals surface area contributed by atoms with Gasteiger partial charge in [0.05, 0.1) is 13.2 Å². The van der Waals surface area contributed by atoms with E-state index < -0.39 is 32.5 Å². The Morgan fingerprint density at radius 1 is 0.525 bits per heavy atom. The van der Waals surface area contributed by atoms with E-state index in [2.05, 4.69) is 74.6 Å². The van der Waals surface area contributed by atoms with Crippen molar-refractivity contribution in [3.8, 4) is 0 Å². The van der Waals surface area contributed by atoms with Crippen LogP contribution in [0.1, 0.15) is 206 Å². The van der Waals surface area contributed by atoms with E-state index in [1.54, 1.807) is 0 Å². The van der Waals surface area contributed by atoms with Crippen molar-refractivity contribution in [3.05, 3.63) is 60.8 Å². The van der Waals surface area contributed by atoms with Crippen LogP contribution in [0.5, 0.6) is 0 Å². The second-order valence-electron chi connectivity index (χ2n) is 15.6. The van der Waals surface area contributed by atoms with Gasteiger partial charge in [-0.3, -0.25) is 18.6 Å². The van der Waals surface area contributed by atoms with Crippen LogP contribution >= 0.6 is 7.82 Å². The maximum Gasteiger partial charge on any atom is 0.472 e. The minimum absolute atomic E-state index is 0.0419. The van der Waals surface area contributed by atoms with E-state index in [0.29, 0.717) is 12.8 Å². The normalized spacial score (nSPS) is 13.8. The van der Waals surface area contributed by atoms with Gasteiger partial charge in [0.15, 0.2) is 6.10 Å². The molecular formula is C49H88NO8P. The van der Waals surface area contributed by atoms with E-state index in [4.69, 9.17) is 24.3 Å². The van der Waals surface area contributed by atoms with Gasteiger partial charge in [-0.05, 0) is 70.6 Å². The number of allylic oxidation sites excluding steroid dienone is 10. The molecule has 0 bridgehead atoms. The number of carbonyl (C=O) groups is 2. The van der Waals surface area contributed by atoms with Crippen molar-refractivity contribution in [2.75, 3.05) is 26.4 Å². The van der Waals surface area contributed by atoms with Gasteiger partial charge in [0, 0.05) is 19.4 Å². The van der Waals surface area contributed by atoms with Crippen LogP contribution in [0.4, 0.5) is 0 Å². The molecule has 0 aromatic rings. The summed E-state index contributed by atoms with van der Waals surface area (Å²) in [5.74, 6) is -0.914. The topological polar surface area (TPSA) is 134 Å². The molecule has 1 unspecified atom stereocenters. The summed E-state index contributed by atoms with van der Waals surface area (Å²) in [5.41, 5.74) is 5.35. The molecule has 0 radical (unpaired) electrons. The predicted molar refractivity (Wildman–Crippen MR) is 247 cm³/mol. The Kier molecular flexibility index (Phi) is 43.5. The van der Waals surface area contributed by atoms with Gasteiger partial charge in [0.2, 0.25) is 0 Å². The summed E-state index contributed by atoms with van der Waals surface area (Å²) in [5, 5.41) is 0. The van der Waals surface area contributed by atoms with Gasteiger partial charge < -0.3 is 20.1 Å². The third kappa shape index (κ3) is 45.1. The summed E-state index contributed by atoms with van der Waals surface area (Å²) in [7, 11) is -4.40. The fourth-order valence-corrected chi connectivity index (χ4v) is 7.16. The SMILES string of the molecule is CC/C=C/C/C=C/C/C=C/C/C=C/CCCCC(=O)OC[C@H](COP(=O)(O)OCCN)OC(=O)CCC/C=C/CCCCCCCCCCCCCCCCCCCC. The summed E-state index contributed by atoms with van der Waals surface area (Å²) < 4.78 is 32.8. The molecule has 2 atom stereocenters. The van der Waals surface area contributed by atoms with Crippen LogP contribution in [-0.2, 0) is 32.7 Å². The summed E-state index contributed by atoms with van der Waals surface area (Å²) in [6.07, 6.45) is 54.2. The van der Waals surface area contributed by atoms with Gasteiger partial charge in [-0.25, -0.2) is 4.57 Å². The van der Waals surface area contributed by atoms with Crippen molar-refractivity contribution in [1.82, 2.24) is 0 Å². The zero-order valence-corrected chi connectivity index (χ0v) is 38.6. The van der Waals surface area contributed by atoms with Crippen LogP contribution in [-0.4, -0.2) is 49.3 Å². The minimum atomic E-state index is -4.40. The number of rotatable bonds is 44. The molecule has 0 aliphatic heterocycles. The fraction of sp³-hybridized carbons (Fsp3) is 0.755. The van der Waals surface area contributed by atoms with Gasteiger partial charge >= 0.3 is 19.8 Å². The number of unbranched alkanes of at least 4 members (excludes halogenated alkanes) is 21. The van der Waals surface area contributed by atoms with Crippen molar-refractivity contribution in [2.45, 2.75) is 213 Å². The number of esters is 2. The molecule has 0 aliphatic carbocycles. The van der Waals surface area contributed by atoms with E-state index in [9.17, 15) is 19.0 Å². The first-order valence-electron chi connectivity index (χ1n) is 23.8. The van der Waals surface area contributed by atoms with Crippen LogP contribution in [0.2, 0.25) is 0 Å². The lowest BCUT2D eigenvalue weighted by molar-refractivity contribution is -0.161. The molecule has 0 aromatic heterocycles. The number of phosphoric acid groups is 1. The van der Waals surface area contributed by atoms with Crippen LogP contribution < -0.4 is 5.73 Å². The van der Waals surface area contributed by atoms with Crippen molar-refractivity contribution in [1.29, 1.82) is 0 Å². The molecular weight excluding hydrogens is 762 g/mol. The lowest BCUT2D eigenvalue weighted by Crippen LogP contribution is -2.29. The summed E-state index contributed by atoms with van der Waals surface area (Å²) in [6, 6.07) is 0. The van der Waals surface area contributed by atoms with Crippen LogP contribution in [0.3, 0.4) is 0 Å². The fourth-order valence-electron chi connectivity index (χ4n) is 6.39. The quantitative estimate of drug-likeness (QED) is 0.0266. The number of carbonyl (C=O) groups excluding carboxylic acids is 2. The monoisotopic (exact) mass is 850 g/mol. The van der Waals surface area contributed by atoms with E-state index in [0.717, 1.165) is 51.4 Å². The molecule has 0 saturated carbocycles. The highest BCUT2D eigenvalue weighted by atomic mass is 31.2. The van der Waals surface area contributed by atoms with E-state index in [-0.39, 0.29) is 32.6 Å². The summed E-state index contributed by atoms with van der Waals surface area (Å²) in [6.45, 7) is 3.55. The van der Waals surface area contributed by atoms with Gasteiger partial charge in [0.1, 0.15) is 6.61 Å². The third-order valence-corrected chi connectivity index (χ3v) is 10.9. The number of nitrogens with two attached hydrogens (primary N) is 1. The number of phosphoric ester groups is 1. The Balaban J connectivity index is 4.13. The Hall–Kier alpha value is -2.29. The highest BCUT2D eigenvalue weighted by Gasteiger charge is 2.26. The molecule has 9 nitrogen and oxygen atoms in total. The second-order valence-corrected chi connectivity index (χ2v) is 17.0. The standard InChI is InChI=1S/C49H88NO8P/c1-3-5-7-9-11-13-15-17-19-20-21-22-23-24-25-26-28-30-32-34-36-38-40-42-49(52)58-47(46-57-59(53,54)56-44-43-50)45-55-48(51)41-39-37-35-33-31-29-27-18-16-14-12-10-8-6-4-2/h6,8,12,14,18,27,31,33-34,36,47H,3-5,7,9-11,13,15-17,19-26,28-30,32,35,37-46,50H2,1-2H3,(H,53,54)/b8-6+,14-12+,27-18+,33-31+,36-34+/t47-/m1/s1. The molecule has 59 heavy (non-hydrogen) atoms. The molecule has 3 N–H and O–H groups in total. The van der Waals surface area contributed by atoms with E-state index >= 15 is 0 Å². The van der Waals surface area contributed by atoms with Crippen LogP contribution in [0, 0.1) is 0 Å². The molecule has 0 fully saturated rings. The minimum Gasteiger partial charge on any atom is -0.462 e. The average Bonchev–Trinajstić information content (AvgIpc) is 3.22. The predicted octanol–water partition coefficient (Wildman–Crippen LogP) is 14.1. The highest BCUT2D eigenvalue weighted by molar-refractivity contribution is 7.47. The van der Waals surface area contributed by atoms with E-state index in [1.807, 2.05) is 0 Å². The number of ether oxygens (including phenoxy) is 2. The maximum absolute atomic E-state index is 12.6. The number of hydrogen-bond donors (Lipinski definition) is 2. The molecule has 0 spiro atoms. The largest absolute Gasteiger partial charge is 0.472 e. The Morgan fingerprint density at radius 2 is 0.949 bits per heavy atom. The summed E-state index contributed by atoms with van der Waals surface area (Å²) in [4.78, 5) is 34.9. The zero-order chi connectivity index (χ0) is 43.2. The highest BCUT2D eigenvalue weighted by Crippen LogP contribution is 2.43. The molecule has 342 valence electrons. The smallest absolute Gasteiger partial charge is 0.462 e. The lowest BCUT2D eigenvalue weighted by Gasteiger charge is -2.19. The maximum atomic E-state index is 12.6. The Labute approximate surface area is 361 Å². The first-order valence-corrected chi connectivity index (χ1v) is 25.3. The van der Waals surface area contributed by atoms with Crippen molar-refractivity contribution >= 4 is 19.8 Å². The molecule has 0 aromatic carbocycles. The molecule has 0 heterocycles. The zero-order valence-electron chi connectivity index (χ0n) is 37.7.